The molecule has 24 heavy (non-hydrogen) atoms. The predicted molar refractivity (Wildman–Crippen MR) is 95.7 cm³/mol. The second kappa shape index (κ2) is 6.91. The van der Waals surface area contributed by atoms with E-state index in [9.17, 15) is 4.79 Å². The van der Waals surface area contributed by atoms with Crippen LogP contribution in [0.3, 0.4) is 0 Å². The van der Waals surface area contributed by atoms with Crippen molar-refractivity contribution in [1.82, 2.24) is 10.2 Å². The first-order valence-electron chi connectivity index (χ1n) is 7.95. The van der Waals surface area contributed by atoms with E-state index in [-0.39, 0.29) is 5.78 Å². The smallest absolute Gasteiger partial charge is 0.277 e. The number of aromatic nitrogens is 2. The summed E-state index contributed by atoms with van der Waals surface area (Å²) in [6.45, 7) is 0. The maximum Gasteiger partial charge on any atom is 0.277 e. The average Bonchev–Trinajstić information content (AvgIpc) is 3.30. The molecule has 0 fully saturated rings. The van der Waals surface area contributed by atoms with Crippen molar-refractivity contribution in [3.05, 3.63) is 52.4 Å². The van der Waals surface area contributed by atoms with Crippen molar-refractivity contribution in [3.63, 3.8) is 0 Å². The molecule has 6 heteroatoms. The summed E-state index contributed by atoms with van der Waals surface area (Å²) >= 11 is 2.84. The highest BCUT2D eigenvalue weighted by molar-refractivity contribution is 7.99. The Morgan fingerprint density at radius 1 is 1.17 bits per heavy atom. The molecule has 4 rings (SSSR count). The largest absolute Gasteiger partial charge is 0.410 e. The lowest BCUT2D eigenvalue weighted by Gasteiger charge is -2.16. The minimum Gasteiger partial charge on any atom is -0.410 e. The van der Waals surface area contributed by atoms with Gasteiger partial charge in [0.15, 0.2) is 5.78 Å². The second-order valence-corrected chi connectivity index (χ2v) is 7.63. The van der Waals surface area contributed by atoms with Crippen LogP contribution in [0.4, 0.5) is 0 Å². The zero-order chi connectivity index (χ0) is 16.4. The van der Waals surface area contributed by atoms with Gasteiger partial charge in [0, 0.05) is 5.56 Å². The Morgan fingerprint density at radius 3 is 2.88 bits per heavy atom. The van der Waals surface area contributed by atoms with Crippen molar-refractivity contribution in [1.29, 1.82) is 0 Å². The molecule has 0 aliphatic heterocycles. The molecule has 0 spiro atoms. The predicted octanol–water partition coefficient (Wildman–Crippen LogP) is 4.65. The summed E-state index contributed by atoms with van der Waals surface area (Å²) < 4.78 is 5.60. The number of hydrogen-bond donors (Lipinski definition) is 0. The number of benzene rings is 1. The van der Waals surface area contributed by atoms with Crippen molar-refractivity contribution in [3.8, 4) is 10.8 Å². The van der Waals surface area contributed by atoms with E-state index in [1.165, 1.54) is 35.7 Å². The van der Waals surface area contributed by atoms with E-state index >= 15 is 0 Å². The van der Waals surface area contributed by atoms with Gasteiger partial charge in [-0.2, -0.15) is 0 Å². The van der Waals surface area contributed by atoms with Gasteiger partial charge >= 0.3 is 0 Å². The van der Waals surface area contributed by atoms with Gasteiger partial charge in [0.1, 0.15) is 0 Å². The van der Waals surface area contributed by atoms with Crippen LogP contribution in [-0.4, -0.2) is 21.7 Å². The van der Waals surface area contributed by atoms with Gasteiger partial charge < -0.3 is 4.42 Å². The lowest BCUT2D eigenvalue weighted by molar-refractivity contribution is 0.102. The van der Waals surface area contributed by atoms with Crippen LogP contribution in [-0.2, 0) is 12.8 Å². The van der Waals surface area contributed by atoms with Gasteiger partial charge in [-0.25, -0.2) is 0 Å². The fourth-order valence-electron chi connectivity index (χ4n) is 2.89. The number of hydrogen-bond acceptors (Lipinski definition) is 6. The lowest BCUT2D eigenvalue weighted by Crippen LogP contribution is -2.07. The quantitative estimate of drug-likeness (QED) is 0.492. The van der Waals surface area contributed by atoms with Crippen LogP contribution >= 0.6 is 23.1 Å². The molecule has 0 radical (unpaired) electrons. The number of nitrogens with zero attached hydrogens (tertiary/aromatic N) is 2. The van der Waals surface area contributed by atoms with Gasteiger partial charge in [0.05, 0.1) is 10.6 Å². The van der Waals surface area contributed by atoms with E-state index in [0.717, 1.165) is 23.3 Å². The molecule has 0 amide bonds. The zero-order valence-electron chi connectivity index (χ0n) is 13.0. The molecule has 4 nitrogen and oxygen atoms in total. The molecule has 0 unspecified atom stereocenters. The number of fused-ring (bicyclic) bond motifs is 1. The fraction of sp³-hybridized carbons (Fsp3) is 0.278. The van der Waals surface area contributed by atoms with E-state index in [1.54, 1.807) is 11.3 Å². The van der Waals surface area contributed by atoms with Crippen LogP contribution in [0.15, 0.2) is 45.4 Å². The number of rotatable bonds is 5. The van der Waals surface area contributed by atoms with E-state index in [4.69, 9.17) is 4.42 Å². The Hall–Kier alpha value is -1.92. The van der Waals surface area contributed by atoms with Crippen molar-refractivity contribution in [2.75, 3.05) is 5.75 Å². The topological polar surface area (TPSA) is 56.0 Å². The minimum absolute atomic E-state index is 0.101. The Morgan fingerprint density at radius 2 is 2.04 bits per heavy atom. The van der Waals surface area contributed by atoms with Crippen molar-refractivity contribution >= 4 is 28.9 Å². The summed E-state index contributed by atoms with van der Waals surface area (Å²) in [5.74, 6) is 0.920. The molecule has 2 aromatic heterocycles. The number of thioether (sulfide) groups is 1. The number of carbonyl (C=O) groups is 1. The highest BCUT2D eigenvalue weighted by Gasteiger charge is 2.15. The molecule has 1 aliphatic rings. The molecule has 1 aliphatic carbocycles. The molecule has 122 valence electrons. The van der Waals surface area contributed by atoms with Crippen LogP contribution in [0.25, 0.3) is 10.8 Å². The molecule has 0 atom stereocenters. The van der Waals surface area contributed by atoms with Gasteiger partial charge in [-0.15, -0.1) is 21.5 Å². The summed E-state index contributed by atoms with van der Waals surface area (Å²) in [7, 11) is 0. The maximum absolute atomic E-state index is 12.4. The number of Topliss-reactive ketones (excluding diaryl/α,β-unsaturated/α-hetero) is 1. The molecular weight excluding hydrogens is 340 g/mol. The van der Waals surface area contributed by atoms with E-state index in [0.29, 0.717) is 16.9 Å². The summed E-state index contributed by atoms with van der Waals surface area (Å²) in [4.78, 5) is 13.4. The Labute approximate surface area is 148 Å². The van der Waals surface area contributed by atoms with Crippen LogP contribution in [0.5, 0.6) is 0 Å². The van der Waals surface area contributed by atoms with Crippen molar-refractivity contribution < 1.29 is 9.21 Å². The van der Waals surface area contributed by atoms with Crippen molar-refractivity contribution in [2.24, 2.45) is 0 Å². The third kappa shape index (κ3) is 3.30. The molecule has 0 bridgehead atoms. The number of ketones is 1. The average molecular weight is 356 g/mol. The Bertz CT molecular complexity index is 856. The lowest BCUT2D eigenvalue weighted by atomic mass is 9.90. The zero-order valence-corrected chi connectivity index (χ0v) is 14.7. The minimum atomic E-state index is 0.101. The van der Waals surface area contributed by atoms with Crippen LogP contribution < -0.4 is 0 Å². The molecule has 1 aromatic carbocycles. The SMILES string of the molecule is O=C(CSc1nnc(-c2cccs2)o1)c1ccc2c(c1)CCCC2. The summed E-state index contributed by atoms with van der Waals surface area (Å²) in [5.41, 5.74) is 3.50. The Kier molecular flexibility index (Phi) is 4.49. The number of aryl methyl sites for hydroxylation is 2. The number of carbonyl (C=O) groups excluding carboxylic acids is 1. The third-order valence-electron chi connectivity index (χ3n) is 4.14. The fourth-order valence-corrected chi connectivity index (χ4v) is 4.19. The molecular formula is C18H16N2O2S2. The highest BCUT2D eigenvalue weighted by Crippen LogP contribution is 2.27. The van der Waals surface area contributed by atoms with E-state index in [1.807, 2.05) is 23.6 Å². The summed E-state index contributed by atoms with van der Waals surface area (Å²) in [6, 6.07) is 9.98. The molecule has 0 saturated heterocycles. The second-order valence-electron chi connectivity index (χ2n) is 5.75. The first-order chi connectivity index (χ1) is 11.8. The van der Waals surface area contributed by atoms with Gasteiger partial charge in [-0.05, 0) is 54.3 Å². The first kappa shape index (κ1) is 15.6. The summed E-state index contributed by atoms with van der Waals surface area (Å²) in [5, 5.41) is 10.4. The third-order valence-corrected chi connectivity index (χ3v) is 5.81. The molecule has 0 saturated carbocycles. The molecule has 2 heterocycles. The van der Waals surface area contributed by atoms with Gasteiger partial charge in [0.25, 0.3) is 11.1 Å². The van der Waals surface area contributed by atoms with E-state index in [2.05, 4.69) is 22.3 Å². The maximum atomic E-state index is 12.4. The molecule has 3 aromatic rings. The van der Waals surface area contributed by atoms with Gasteiger partial charge in [-0.1, -0.05) is 30.0 Å². The Balaban J connectivity index is 1.41. The van der Waals surface area contributed by atoms with Crippen LogP contribution in [0.2, 0.25) is 0 Å². The van der Waals surface area contributed by atoms with Crippen LogP contribution in [0.1, 0.15) is 34.3 Å². The normalized spacial score (nSPS) is 13.7. The molecule has 0 N–H and O–H groups in total. The highest BCUT2D eigenvalue weighted by atomic mass is 32.2. The van der Waals surface area contributed by atoms with Crippen molar-refractivity contribution in [2.45, 2.75) is 30.9 Å². The number of thiophene rings is 1. The van der Waals surface area contributed by atoms with E-state index < -0.39 is 0 Å². The monoisotopic (exact) mass is 356 g/mol. The van der Waals surface area contributed by atoms with Gasteiger partial charge in [-0.3, -0.25) is 4.79 Å². The summed E-state index contributed by atoms with van der Waals surface area (Å²) in [6.07, 6.45) is 4.68. The van der Waals surface area contributed by atoms with Crippen LogP contribution in [0, 0.1) is 0 Å². The van der Waals surface area contributed by atoms with Gasteiger partial charge in [0.2, 0.25) is 0 Å². The standard InChI is InChI=1S/C18H16N2O2S2/c21-15(14-8-7-12-4-1-2-5-13(12)10-14)11-24-18-20-19-17(22-18)16-6-3-9-23-16/h3,6-10H,1-2,4-5,11H2. The first-order valence-corrected chi connectivity index (χ1v) is 9.81.